The molecule has 0 fully saturated rings. The summed E-state index contributed by atoms with van der Waals surface area (Å²) in [6.45, 7) is 0. The molecule has 0 aliphatic carbocycles. The van der Waals surface area contributed by atoms with E-state index in [4.69, 9.17) is 40.5 Å². The third-order valence-corrected chi connectivity index (χ3v) is 1.85. The third-order valence-electron chi connectivity index (χ3n) is 1.45. The van der Waals surface area contributed by atoms with Crippen LogP contribution in [-0.2, 0) is 6.42 Å². The Morgan fingerprint density at radius 1 is 1.17 bits per heavy atom. The summed E-state index contributed by atoms with van der Waals surface area (Å²) in [7, 11) is 0. The molecule has 0 unspecified atom stereocenters. The van der Waals surface area contributed by atoms with Gasteiger partial charge in [-0.1, -0.05) is 53.0 Å². The Labute approximate surface area is 86.4 Å². The first kappa shape index (κ1) is 9.97. The number of nitrogens with two attached hydrogens (primary N) is 1. The fourth-order valence-electron chi connectivity index (χ4n) is 0.911. The van der Waals surface area contributed by atoms with Crippen LogP contribution in [0.1, 0.15) is 5.56 Å². The van der Waals surface area contributed by atoms with Crippen molar-refractivity contribution in [2.75, 3.05) is 5.73 Å². The van der Waals surface area contributed by atoms with Crippen LogP contribution in [0.25, 0.3) is 0 Å². The smallest absolute Gasteiger partial charge is 0.194 e. The molecule has 0 saturated heterocycles. The Balaban J connectivity index is 2.83. The minimum atomic E-state index is -1.27. The Bertz CT molecular complexity index is 267. The van der Waals surface area contributed by atoms with E-state index in [9.17, 15) is 0 Å². The summed E-state index contributed by atoms with van der Waals surface area (Å²) in [5.74, 6) is 0. The van der Waals surface area contributed by atoms with Gasteiger partial charge in [-0.25, -0.2) is 0 Å². The molecular weight excluding hydrogens is 216 g/mol. The summed E-state index contributed by atoms with van der Waals surface area (Å²) >= 11 is 16.8. The van der Waals surface area contributed by atoms with E-state index in [1.165, 1.54) is 0 Å². The summed E-state index contributed by atoms with van der Waals surface area (Å²) in [5, 5.41) is 0. The van der Waals surface area contributed by atoms with Gasteiger partial charge >= 0.3 is 0 Å². The van der Waals surface area contributed by atoms with Gasteiger partial charge in [-0.2, -0.15) is 0 Å². The van der Waals surface area contributed by atoms with E-state index in [0.717, 1.165) is 5.56 Å². The lowest BCUT2D eigenvalue weighted by atomic mass is 10.1. The number of nitrogen functional groups attached to an aromatic ring is 1. The van der Waals surface area contributed by atoms with Crippen LogP contribution < -0.4 is 5.73 Å². The molecule has 0 spiro atoms. The Kier molecular flexibility index (Phi) is 3.10. The number of para-hydroxylation sites is 1. The van der Waals surface area contributed by atoms with Crippen LogP contribution in [-0.4, -0.2) is 3.79 Å². The van der Waals surface area contributed by atoms with E-state index < -0.39 is 3.79 Å². The highest BCUT2D eigenvalue weighted by Crippen LogP contribution is 2.31. The van der Waals surface area contributed by atoms with Crippen LogP contribution >= 0.6 is 34.8 Å². The molecule has 1 rings (SSSR count). The molecule has 2 N–H and O–H groups in total. The average molecular weight is 225 g/mol. The number of hydrogen-bond donors (Lipinski definition) is 1. The summed E-state index contributed by atoms with van der Waals surface area (Å²) in [5.41, 5.74) is 7.17. The highest BCUT2D eigenvalue weighted by Gasteiger charge is 2.20. The maximum absolute atomic E-state index is 5.65. The van der Waals surface area contributed by atoms with Gasteiger partial charge in [0.15, 0.2) is 3.79 Å². The van der Waals surface area contributed by atoms with E-state index in [2.05, 4.69) is 0 Å². The zero-order valence-electron chi connectivity index (χ0n) is 6.23. The number of alkyl halides is 3. The average Bonchev–Trinajstić information content (AvgIpc) is 1.91. The van der Waals surface area contributed by atoms with Crippen molar-refractivity contribution in [3.63, 3.8) is 0 Å². The minimum Gasteiger partial charge on any atom is -0.399 e. The van der Waals surface area contributed by atoms with Crippen LogP contribution in [0.5, 0.6) is 0 Å². The predicted octanol–water partition coefficient (Wildman–Crippen LogP) is 3.18. The van der Waals surface area contributed by atoms with Gasteiger partial charge in [-0.05, 0) is 11.6 Å². The Morgan fingerprint density at radius 3 is 2.25 bits per heavy atom. The number of halogens is 3. The minimum absolute atomic E-state index is 0.338. The van der Waals surface area contributed by atoms with Gasteiger partial charge in [0.25, 0.3) is 0 Å². The molecule has 12 heavy (non-hydrogen) atoms. The van der Waals surface area contributed by atoms with Crippen LogP contribution in [0.15, 0.2) is 24.3 Å². The summed E-state index contributed by atoms with van der Waals surface area (Å²) < 4.78 is -1.27. The highest BCUT2D eigenvalue weighted by atomic mass is 35.6. The number of rotatable bonds is 1. The first-order chi connectivity index (χ1) is 5.49. The third kappa shape index (κ3) is 3.10. The molecule has 1 aromatic rings. The van der Waals surface area contributed by atoms with Gasteiger partial charge in [0.05, 0.1) is 0 Å². The fraction of sp³-hybridized carbons (Fsp3) is 0.250. The van der Waals surface area contributed by atoms with Gasteiger partial charge in [0.1, 0.15) is 0 Å². The molecule has 0 bridgehead atoms. The molecule has 0 radical (unpaired) electrons. The van der Waals surface area contributed by atoms with Crippen molar-refractivity contribution in [3.8, 4) is 0 Å². The second-order valence-electron chi connectivity index (χ2n) is 2.49. The molecule has 1 aromatic carbocycles. The van der Waals surface area contributed by atoms with Crippen molar-refractivity contribution in [1.82, 2.24) is 0 Å². The summed E-state index contributed by atoms with van der Waals surface area (Å²) in [6, 6.07) is 7.34. The van der Waals surface area contributed by atoms with Crippen LogP contribution in [0.2, 0.25) is 0 Å². The molecule has 66 valence electrons. The second-order valence-corrected chi connectivity index (χ2v) is 5.01. The number of anilines is 1. The van der Waals surface area contributed by atoms with Crippen molar-refractivity contribution in [3.05, 3.63) is 29.8 Å². The van der Waals surface area contributed by atoms with E-state index in [1.54, 1.807) is 6.07 Å². The molecule has 4 heteroatoms. The Hall–Kier alpha value is -0.110. The molecule has 0 saturated carbocycles. The lowest BCUT2D eigenvalue weighted by Crippen LogP contribution is -2.08. The van der Waals surface area contributed by atoms with Crippen LogP contribution in [0.3, 0.4) is 0 Å². The normalized spacial score (nSPS) is 11.6. The van der Waals surface area contributed by atoms with E-state index in [0.29, 0.717) is 12.1 Å². The second kappa shape index (κ2) is 3.73. The van der Waals surface area contributed by atoms with Gasteiger partial charge in [-0.15, -0.1) is 0 Å². The first-order valence-electron chi connectivity index (χ1n) is 3.39. The van der Waals surface area contributed by atoms with Crippen LogP contribution in [0.4, 0.5) is 5.69 Å². The van der Waals surface area contributed by atoms with Gasteiger partial charge in [0, 0.05) is 12.1 Å². The van der Waals surface area contributed by atoms with Crippen LogP contribution in [0, 0.1) is 0 Å². The molecular formula is C8H8Cl3N. The van der Waals surface area contributed by atoms with Gasteiger partial charge in [0.2, 0.25) is 0 Å². The quantitative estimate of drug-likeness (QED) is 0.575. The van der Waals surface area contributed by atoms with Gasteiger partial charge in [-0.3, -0.25) is 0 Å². The Morgan fingerprint density at radius 2 is 1.75 bits per heavy atom. The molecule has 0 atom stereocenters. The fourth-order valence-corrected chi connectivity index (χ4v) is 1.34. The number of hydrogen-bond acceptors (Lipinski definition) is 1. The molecule has 0 heterocycles. The monoisotopic (exact) mass is 223 g/mol. The van der Waals surface area contributed by atoms with E-state index in [-0.39, 0.29) is 0 Å². The van der Waals surface area contributed by atoms with Gasteiger partial charge < -0.3 is 5.73 Å². The zero-order valence-corrected chi connectivity index (χ0v) is 8.50. The maximum atomic E-state index is 5.65. The highest BCUT2D eigenvalue weighted by molar-refractivity contribution is 6.67. The van der Waals surface area contributed by atoms with E-state index in [1.807, 2.05) is 18.2 Å². The topological polar surface area (TPSA) is 26.0 Å². The molecule has 0 aromatic heterocycles. The van der Waals surface area contributed by atoms with Crippen molar-refractivity contribution >= 4 is 40.5 Å². The molecule has 1 nitrogen and oxygen atoms in total. The lowest BCUT2D eigenvalue weighted by Gasteiger charge is -2.11. The zero-order chi connectivity index (χ0) is 9.19. The summed E-state index contributed by atoms with van der Waals surface area (Å²) in [4.78, 5) is 0. The maximum Gasteiger partial charge on any atom is 0.194 e. The summed E-state index contributed by atoms with van der Waals surface area (Å²) in [6.07, 6.45) is 0.338. The van der Waals surface area contributed by atoms with Crippen molar-refractivity contribution < 1.29 is 0 Å². The van der Waals surface area contributed by atoms with E-state index >= 15 is 0 Å². The standard InChI is InChI=1S/C8H8Cl3N/c9-8(10,11)5-6-3-1-2-4-7(6)12/h1-4H,5,12H2. The van der Waals surface area contributed by atoms with Crippen molar-refractivity contribution in [2.45, 2.75) is 10.2 Å². The molecule has 0 aliphatic rings. The first-order valence-corrected chi connectivity index (χ1v) is 4.52. The predicted molar refractivity (Wildman–Crippen MR) is 54.8 cm³/mol. The molecule has 0 aliphatic heterocycles. The number of benzene rings is 1. The lowest BCUT2D eigenvalue weighted by molar-refractivity contribution is 1.02. The SMILES string of the molecule is Nc1ccccc1CC(Cl)(Cl)Cl. The largest absolute Gasteiger partial charge is 0.399 e. The van der Waals surface area contributed by atoms with Crippen molar-refractivity contribution in [2.24, 2.45) is 0 Å². The molecule has 0 amide bonds. The van der Waals surface area contributed by atoms with Crippen molar-refractivity contribution in [1.29, 1.82) is 0 Å².